The second-order valence-corrected chi connectivity index (χ2v) is 7.45. The summed E-state index contributed by atoms with van der Waals surface area (Å²) in [6.07, 6.45) is 5.09. The Morgan fingerprint density at radius 2 is 1.88 bits per heavy atom. The van der Waals surface area contributed by atoms with E-state index >= 15 is 0 Å². The van der Waals surface area contributed by atoms with Gasteiger partial charge in [0.15, 0.2) is 0 Å². The molecule has 6 heteroatoms. The monoisotopic (exact) mass is 412 g/mol. The third kappa shape index (κ3) is 3.21. The molecule has 0 unspecified atom stereocenters. The van der Waals surface area contributed by atoms with Crippen LogP contribution in [-0.2, 0) is 6.42 Å². The lowest BCUT2D eigenvalue weighted by molar-refractivity contribution is 0.102. The van der Waals surface area contributed by atoms with Gasteiger partial charge in [0.1, 0.15) is 11.3 Å². The fourth-order valence-electron chi connectivity index (χ4n) is 3.48. The summed E-state index contributed by atoms with van der Waals surface area (Å²) in [5.74, 6) is -0.138. The van der Waals surface area contributed by atoms with Crippen molar-refractivity contribution in [2.45, 2.75) is 26.2 Å². The van der Waals surface area contributed by atoms with Gasteiger partial charge in [0.05, 0.1) is 5.69 Å². The Morgan fingerprint density at radius 3 is 2.58 bits per heavy atom. The molecule has 0 radical (unpaired) electrons. The number of aryl methyl sites for hydroxylation is 1. The fourth-order valence-corrected chi connectivity index (χ4v) is 3.81. The lowest BCUT2D eigenvalue weighted by Gasteiger charge is -2.17. The van der Waals surface area contributed by atoms with Crippen LogP contribution in [0.25, 0.3) is 5.65 Å². The highest BCUT2D eigenvalue weighted by Gasteiger charge is 2.19. The summed E-state index contributed by atoms with van der Waals surface area (Å²) in [5.41, 5.74) is 4.18. The lowest BCUT2D eigenvalue weighted by atomic mass is 10.2. The molecule has 0 saturated carbocycles. The predicted molar refractivity (Wildman–Crippen MR) is 108 cm³/mol. The molecule has 0 aliphatic carbocycles. The first-order chi connectivity index (χ1) is 12.7. The number of imidazole rings is 1. The number of aromatic nitrogens is 2. The van der Waals surface area contributed by atoms with Crippen LogP contribution in [0, 0.1) is 0 Å². The van der Waals surface area contributed by atoms with E-state index in [4.69, 9.17) is 0 Å². The Hall–Kier alpha value is -2.34. The highest BCUT2D eigenvalue weighted by molar-refractivity contribution is 9.10. The number of hydrogen-bond donors (Lipinski definition) is 1. The Balaban J connectivity index is 1.60. The van der Waals surface area contributed by atoms with Crippen molar-refractivity contribution < 1.29 is 4.79 Å². The van der Waals surface area contributed by atoms with E-state index in [1.807, 2.05) is 41.8 Å². The summed E-state index contributed by atoms with van der Waals surface area (Å²) < 4.78 is 2.76. The number of rotatable bonds is 4. The second kappa shape index (κ2) is 7.11. The molecule has 2 aromatic heterocycles. The standard InChI is InChI=1S/C20H21BrN4O/c1-2-17-19(25-13-14(21)5-10-18(25)23-17)20(26)22-15-6-8-16(9-7-15)24-11-3-4-12-24/h5-10,13H,2-4,11-12H2,1H3,(H,22,26). The maximum Gasteiger partial charge on any atom is 0.274 e. The Morgan fingerprint density at radius 1 is 1.15 bits per heavy atom. The van der Waals surface area contributed by atoms with Crippen molar-refractivity contribution in [2.24, 2.45) is 0 Å². The molecule has 5 nitrogen and oxygen atoms in total. The average molecular weight is 413 g/mol. The Bertz CT molecular complexity index is 942. The number of amides is 1. The summed E-state index contributed by atoms with van der Waals surface area (Å²) in [6.45, 7) is 4.24. The molecule has 4 rings (SSSR count). The van der Waals surface area contributed by atoms with Crippen LogP contribution in [0.2, 0.25) is 0 Å². The van der Waals surface area contributed by atoms with Crippen LogP contribution in [0.4, 0.5) is 11.4 Å². The molecule has 0 spiro atoms. The van der Waals surface area contributed by atoms with Gasteiger partial charge in [0.2, 0.25) is 0 Å². The van der Waals surface area contributed by atoms with Gasteiger partial charge < -0.3 is 10.2 Å². The smallest absolute Gasteiger partial charge is 0.274 e. The van der Waals surface area contributed by atoms with E-state index in [9.17, 15) is 4.79 Å². The maximum atomic E-state index is 12.9. The number of nitrogens with one attached hydrogen (secondary N) is 1. The molecule has 1 aliphatic rings. The van der Waals surface area contributed by atoms with Gasteiger partial charge in [0, 0.05) is 35.1 Å². The molecule has 26 heavy (non-hydrogen) atoms. The zero-order valence-corrected chi connectivity index (χ0v) is 16.3. The largest absolute Gasteiger partial charge is 0.372 e. The van der Waals surface area contributed by atoms with Gasteiger partial charge in [-0.2, -0.15) is 0 Å². The molecule has 1 fully saturated rings. The topological polar surface area (TPSA) is 49.6 Å². The van der Waals surface area contributed by atoms with Gasteiger partial charge in [-0.15, -0.1) is 0 Å². The summed E-state index contributed by atoms with van der Waals surface area (Å²) in [6, 6.07) is 11.9. The Labute approximate surface area is 161 Å². The molecule has 3 heterocycles. The molecular weight excluding hydrogens is 392 g/mol. The van der Waals surface area contributed by atoms with Crippen LogP contribution in [0.3, 0.4) is 0 Å². The number of carbonyl (C=O) groups excluding carboxylic acids is 1. The number of hydrogen-bond acceptors (Lipinski definition) is 3. The minimum Gasteiger partial charge on any atom is -0.372 e. The molecule has 134 valence electrons. The van der Waals surface area contributed by atoms with Crippen LogP contribution in [0.15, 0.2) is 47.1 Å². The SMILES string of the molecule is CCc1nc2ccc(Br)cn2c1C(=O)Nc1ccc(N2CCCC2)cc1. The van der Waals surface area contributed by atoms with Gasteiger partial charge >= 0.3 is 0 Å². The fraction of sp³-hybridized carbons (Fsp3) is 0.300. The van der Waals surface area contributed by atoms with Crippen LogP contribution < -0.4 is 10.2 Å². The molecule has 1 saturated heterocycles. The van der Waals surface area contributed by atoms with Crippen LogP contribution in [0.5, 0.6) is 0 Å². The van der Waals surface area contributed by atoms with Crippen molar-refractivity contribution in [1.82, 2.24) is 9.38 Å². The van der Waals surface area contributed by atoms with E-state index in [1.54, 1.807) is 0 Å². The number of benzene rings is 1. The molecule has 0 atom stereocenters. The van der Waals surface area contributed by atoms with E-state index in [2.05, 4.69) is 43.3 Å². The number of anilines is 2. The third-order valence-corrected chi connectivity index (χ3v) is 5.27. The number of fused-ring (bicyclic) bond motifs is 1. The van der Waals surface area contributed by atoms with Crippen molar-refractivity contribution in [1.29, 1.82) is 0 Å². The first-order valence-corrected chi connectivity index (χ1v) is 9.78. The quantitative estimate of drug-likeness (QED) is 0.685. The predicted octanol–water partition coefficient (Wildman–Crippen LogP) is 4.51. The van der Waals surface area contributed by atoms with Gasteiger partial charge in [-0.25, -0.2) is 4.98 Å². The van der Waals surface area contributed by atoms with Gasteiger partial charge in [-0.05, 0) is 71.6 Å². The van der Waals surface area contributed by atoms with E-state index in [0.717, 1.165) is 34.6 Å². The minimum atomic E-state index is -0.138. The first kappa shape index (κ1) is 17.1. The summed E-state index contributed by atoms with van der Waals surface area (Å²) in [4.78, 5) is 19.9. The number of pyridine rings is 1. The minimum absolute atomic E-state index is 0.138. The molecule has 1 aliphatic heterocycles. The summed E-state index contributed by atoms with van der Waals surface area (Å²) >= 11 is 3.47. The zero-order chi connectivity index (χ0) is 18.1. The van der Waals surface area contributed by atoms with Gasteiger partial charge in [-0.1, -0.05) is 6.92 Å². The van der Waals surface area contributed by atoms with Crippen molar-refractivity contribution in [3.05, 3.63) is 58.5 Å². The van der Waals surface area contributed by atoms with E-state index in [1.165, 1.54) is 18.5 Å². The van der Waals surface area contributed by atoms with Crippen LogP contribution in [-0.4, -0.2) is 28.4 Å². The number of carbonyl (C=O) groups is 1. The summed E-state index contributed by atoms with van der Waals surface area (Å²) in [5, 5.41) is 3.01. The van der Waals surface area contributed by atoms with E-state index < -0.39 is 0 Å². The normalized spacial score (nSPS) is 14.2. The molecule has 1 aromatic carbocycles. The highest BCUT2D eigenvalue weighted by atomic mass is 79.9. The average Bonchev–Trinajstić information content (AvgIpc) is 3.29. The highest BCUT2D eigenvalue weighted by Crippen LogP contribution is 2.23. The molecule has 1 N–H and O–H groups in total. The van der Waals surface area contributed by atoms with Crippen LogP contribution in [0.1, 0.15) is 35.9 Å². The number of halogens is 1. The lowest BCUT2D eigenvalue weighted by Crippen LogP contribution is -2.18. The van der Waals surface area contributed by atoms with Gasteiger partial charge in [0.25, 0.3) is 5.91 Å². The summed E-state index contributed by atoms with van der Waals surface area (Å²) in [7, 11) is 0. The third-order valence-electron chi connectivity index (χ3n) is 4.80. The number of nitrogens with zero attached hydrogens (tertiary/aromatic N) is 3. The zero-order valence-electron chi connectivity index (χ0n) is 14.7. The maximum absolute atomic E-state index is 12.9. The molecule has 3 aromatic rings. The molecular formula is C20H21BrN4O. The van der Waals surface area contributed by atoms with Crippen molar-refractivity contribution in [3.8, 4) is 0 Å². The van der Waals surface area contributed by atoms with Gasteiger partial charge in [-0.3, -0.25) is 9.20 Å². The van der Waals surface area contributed by atoms with Crippen molar-refractivity contribution in [2.75, 3.05) is 23.3 Å². The first-order valence-electron chi connectivity index (χ1n) is 8.98. The Kier molecular flexibility index (Phi) is 4.68. The van der Waals surface area contributed by atoms with E-state index in [0.29, 0.717) is 12.1 Å². The second-order valence-electron chi connectivity index (χ2n) is 6.53. The van der Waals surface area contributed by atoms with Crippen molar-refractivity contribution >= 4 is 38.9 Å². The molecule has 1 amide bonds. The van der Waals surface area contributed by atoms with E-state index in [-0.39, 0.29) is 5.91 Å². The molecule has 0 bridgehead atoms. The van der Waals surface area contributed by atoms with Crippen LogP contribution >= 0.6 is 15.9 Å². The van der Waals surface area contributed by atoms with Crippen molar-refractivity contribution in [3.63, 3.8) is 0 Å².